The number of fused-ring (bicyclic) bond motifs is 6. The van der Waals surface area contributed by atoms with Crippen molar-refractivity contribution in [1.82, 2.24) is 14.1 Å². The second-order valence-electron chi connectivity index (χ2n) is 14.4. The smallest absolute Gasteiger partial charge is 0.189 e. The van der Waals surface area contributed by atoms with Crippen molar-refractivity contribution in [1.29, 1.82) is 15.8 Å². The first kappa shape index (κ1) is 35.2. The minimum absolute atomic E-state index is 0.405. The lowest BCUT2D eigenvalue weighted by Crippen LogP contribution is -2.04. The number of nitrogens with zero attached hydrogens (tertiary/aromatic N) is 8. The van der Waals surface area contributed by atoms with Crippen molar-refractivity contribution in [3.63, 3.8) is 0 Å². The summed E-state index contributed by atoms with van der Waals surface area (Å²) < 4.78 is 4.33. The number of rotatable bonds is 5. The van der Waals surface area contributed by atoms with Crippen LogP contribution >= 0.6 is 0 Å². The fourth-order valence-electron chi connectivity index (χ4n) is 8.39. The molecule has 8 heteroatoms. The van der Waals surface area contributed by atoms with Crippen LogP contribution < -0.4 is 0 Å². The van der Waals surface area contributed by atoms with Gasteiger partial charge in [0.1, 0.15) is 5.82 Å². The number of nitriles is 3. The molecule has 0 fully saturated rings. The second-order valence-corrected chi connectivity index (χ2v) is 14.4. The van der Waals surface area contributed by atoms with Gasteiger partial charge in [-0.3, -0.25) is 4.57 Å². The molecular formula is C52H26N8. The molecule has 0 unspecified atom stereocenters. The lowest BCUT2D eigenvalue weighted by Gasteiger charge is -2.17. The van der Waals surface area contributed by atoms with E-state index in [1.165, 1.54) is 0 Å². The predicted octanol–water partition coefficient (Wildman–Crippen LogP) is 13.0. The third kappa shape index (κ3) is 5.61. The van der Waals surface area contributed by atoms with Gasteiger partial charge in [-0.1, -0.05) is 66.7 Å². The van der Waals surface area contributed by atoms with Crippen molar-refractivity contribution in [2.75, 3.05) is 0 Å². The Balaban J connectivity index is 1.21. The summed E-state index contributed by atoms with van der Waals surface area (Å²) >= 11 is 0. The van der Waals surface area contributed by atoms with Crippen LogP contribution in [-0.4, -0.2) is 14.1 Å². The summed E-state index contributed by atoms with van der Waals surface area (Å²) in [4.78, 5) is 12.4. The van der Waals surface area contributed by atoms with Gasteiger partial charge in [-0.25, -0.2) is 14.7 Å². The molecule has 0 saturated heterocycles. The van der Waals surface area contributed by atoms with Gasteiger partial charge in [0.05, 0.1) is 70.9 Å². The van der Waals surface area contributed by atoms with Gasteiger partial charge < -0.3 is 4.57 Å². The van der Waals surface area contributed by atoms with Gasteiger partial charge in [0, 0.05) is 43.8 Å². The van der Waals surface area contributed by atoms with E-state index in [2.05, 4.69) is 91.6 Å². The van der Waals surface area contributed by atoms with Crippen LogP contribution in [0.5, 0.6) is 0 Å². The number of benzene rings is 7. The molecule has 0 spiro atoms. The molecule has 0 amide bonds. The van der Waals surface area contributed by atoms with Crippen molar-refractivity contribution >= 4 is 55.0 Å². The fourth-order valence-corrected chi connectivity index (χ4v) is 8.39. The van der Waals surface area contributed by atoms with E-state index in [1.54, 1.807) is 30.3 Å². The molecule has 7 aromatic carbocycles. The summed E-state index contributed by atoms with van der Waals surface area (Å²) in [5, 5.41) is 33.8. The molecule has 60 heavy (non-hydrogen) atoms. The number of hydrogen-bond acceptors (Lipinski definition) is 4. The average Bonchev–Trinajstić information content (AvgIpc) is 3.83. The van der Waals surface area contributed by atoms with Crippen molar-refractivity contribution in [3.05, 3.63) is 197 Å². The molecule has 3 aromatic heterocycles. The molecule has 10 rings (SSSR count). The zero-order valence-corrected chi connectivity index (χ0v) is 31.6. The van der Waals surface area contributed by atoms with Crippen molar-refractivity contribution in [2.24, 2.45) is 0 Å². The molecule has 0 N–H and O–H groups in total. The lowest BCUT2D eigenvalue weighted by atomic mass is 9.99. The Labute approximate surface area is 344 Å². The maximum atomic E-state index is 10.4. The van der Waals surface area contributed by atoms with Crippen LogP contribution in [0.15, 0.2) is 158 Å². The van der Waals surface area contributed by atoms with Crippen molar-refractivity contribution in [3.8, 4) is 63.1 Å². The normalized spacial score (nSPS) is 10.9. The Hall–Kier alpha value is -9.26. The first-order valence-corrected chi connectivity index (χ1v) is 18.9. The van der Waals surface area contributed by atoms with Crippen LogP contribution in [0.2, 0.25) is 0 Å². The maximum absolute atomic E-state index is 10.4. The van der Waals surface area contributed by atoms with Gasteiger partial charge in [-0.05, 0) is 107 Å². The highest BCUT2D eigenvalue weighted by Gasteiger charge is 2.21. The number of para-hydroxylation sites is 2. The summed E-state index contributed by atoms with van der Waals surface area (Å²) in [7, 11) is 0. The van der Waals surface area contributed by atoms with Crippen LogP contribution in [0, 0.1) is 47.1 Å². The Kier molecular flexibility index (Phi) is 8.23. The summed E-state index contributed by atoms with van der Waals surface area (Å²) in [6.07, 6.45) is 1.88. The Morgan fingerprint density at radius 1 is 0.450 bits per heavy atom. The zero-order valence-electron chi connectivity index (χ0n) is 31.6. The zero-order chi connectivity index (χ0) is 40.9. The van der Waals surface area contributed by atoms with Crippen LogP contribution in [0.3, 0.4) is 0 Å². The molecule has 0 saturated carbocycles. The first-order chi connectivity index (χ1) is 29.5. The van der Waals surface area contributed by atoms with Crippen molar-refractivity contribution in [2.45, 2.75) is 0 Å². The highest BCUT2D eigenvalue weighted by Crippen LogP contribution is 2.41. The number of aromatic nitrogens is 3. The molecular weight excluding hydrogens is 737 g/mol. The SMILES string of the molecule is [C-]#[N+]c1cc(C#N)cc(-c2ccc3c(c2)c2ccccc2n3-c2cc(-c3ccccc3C#N)c(-n3c4ccccc4c4cc(-c5cc(C#N)cc([N+]#[C-])c5)ccc43)cn2)c1. The first-order valence-electron chi connectivity index (χ1n) is 18.9. The van der Waals surface area contributed by atoms with Gasteiger partial charge in [0.15, 0.2) is 11.4 Å². The van der Waals surface area contributed by atoms with Crippen molar-refractivity contribution < 1.29 is 0 Å². The molecule has 3 heterocycles. The molecule has 274 valence electrons. The van der Waals surface area contributed by atoms with Crippen LogP contribution in [0.25, 0.3) is 98.2 Å². The largest absolute Gasteiger partial charge is 0.307 e. The second kappa shape index (κ2) is 14.0. The predicted molar refractivity (Wildman–Crippen MR) is 236 cm³/mol. The quantitative estimate of drug-likeness (QED) is 0.163. The Morgan fingerprint density at radius 3 is 1.53 bits per heavy atom. The topological polar surface area (TPSA) is 103 Å². The molecule has 0 bridgehead atoms. The van der Waals surface area contributed by atoms with Gasteiger partial charge in [0.2, 0.25) is 0 Å². The van der Waals surface area contributed by atoms with E-state index >= 15 is 0 Å². The van der Waals surface area contributed by atoms with Crippen LogP contribution in [0.4, 0.5) is 11.4 Å². The van der Waals surface area contributed by atoms with E-state index in [0.29, 0.717) is 33.9 Å². The van der Waals surface area contributed by atoms with Gasteiger partial charge in [-0.2, -0.15) is 15.8 Å². The van der Waals surface area contributed by atoms with Gasteiger partial charge in [0.25, 0.3) is 0 Å². The number of pyridine rings is 1. The molecule has 8 nitrogen and oxygen atoms in total. The molecule has 0 aliphatic heterocycles. The maximum Gasteiger partial charge on any atom is 0.189 e. The highest BCUT2D eigenvalue weighted by atomic mass is 15.1. The van der Waals surface area contributed by atoms with E-state index in [0.717, 1.165) is 82.7 Å². The fraction of sp³-hybridized carbons (Fsp3) is 0. The summed E-state index contributed by atoms with van der Waals surface area (Å²) in [5.41, 5.74) is 11.7. The highest BCUT2D eigenvalue weighted by molar-refractivity contribution is 6.12. The van der Waals surface area contributed by atoms with Crippen LogP contribution in [0.1, 0.15) is 16.7 Å². The van der Waals surface area contributed by atoms with E-state index in [-0.39, 0.29) is 0 Å². The summed E-state index contributed by atoms with van der Waals surface area (Å²) in [5.74, 6) is 0.665. The third-order valence-corrected chi connectivity index (χ3v) is 11.0. The van der Waals surface area contributed by atoms with Crippen LogP contribution in [-0.2, 0) is 0 Å². The monoisotopic (exact) mass is 762 g/mol. The van der Waals surface area contributed by atoms with E-state index < -0.39 is 0 Å². The molecule has 0 radical (unpaired) electrons. The van der Waals surface area contributed by atoms with E-state index in [9.17, 15) is 15.8 Å². The summed E-state index contributed by atoms with van der Waals surface area (Å²) in [6, 6.07) is 55.6. The van der Waals surface area contributed by atoms with Gasteiger partial charge in [-0.15, -0.1) is 0 Å². The standard InChI is InChI=1S/C52H26N8/c1-56-39-21-32(28-53)19-37(23-39)34-15-17-49-44(25-34)42-11-5-7-13-47(42)59(49)51-31-58-52(27-46(51)41-10-4-3-9-36(41)30-55)60-48-14-8-6-12-43(48)45-26-35(16-18-50(45)60)38-20-33(29-54)22-40(24-38)57-2/h3-27,31H. The van der Waals surface area contributed by atoms with E-state index in [4.69, 9.17) is 18.1 Å². The Morgan fingerprint density at radius 2 is 0.967 bits per heavy atom. The minimum Gasteiger partial charge on any atom is -0.307 e. The minimum atomic E-state index is 0.405. The molecule has 0 atom stereocenters. The number of hydrogen-bond donors (Lipinski definition) is 0. The molecule has 0 aliphatic carbocycles. The molecule has 0 aliphatic rings. The van der Waals surface area contributed by atoms with E-state index in [1.807, 2.05) is 72.9 Å². The third-order valence-electron chi connectivity index (χ3n) is 11.0. The Bertz CT molecular complexity index is 3620. The molecule has 10 aromatic rings. The summed E-state index contributed by atoms with van der Waals surface area (Å²) in [6.45, 7) is 15.2. The lowest BCUT2D eigenvalue weighted by molar-refractivity contribution is 1.06. The average molecular weight is 763 g/mol. The van der Waals surface area contributed by atoms with Gasteiger partial charge >= 0.3 is 0 Å².